The van der Waals surface area contributed by atoms with Gasteiger partial charge in [-0.3, -0.25) is 0 Å². The van der Waals surface area contributed by atoms with Gasteiger partial charge in [0.2, 0.25) is 23.3 Å². The molecule has 0 saturated carbocycles. The molecule has 0 aliphatic heterocycles. The average Bonchev–Trinajstić information content (AvgIpc) is 2.73. The highest BCUT2D eigenvalue weighted by atomic mass is 32.1. The molecule has 0 spiro atoms. The Morgan fingerprint density at radius 1 is 0.812 bits per heavy atom. The minimum Gasteiger partial charge on any atom is -0.503 e. The molecule has 4 nitrogen and oxygen atoms in total. The summed E-state index contributed by atoms with van der Waals surface area (Å²) in [6, 6.07) is 0. The van der Waals surface area contributed by atoms with Gasteiger partial charge in [0, 0.05) is 6.54 Å². The van der Waals surface area contributed by atoms with Gasteiger partial charge in [-0.1, -0.05) is 0 Å². The Bertz CT molecular complexity index is 925. The molecule has 0 bridgehead atoms. The third kappa shape index (κ3) is 6.24. The lowest BCUT2D eigenvalue weighted by molar-refractivity contribution is 0.114. The van der Waals surface area contributed by atoms with Crippen molar-refractivity contribution in [1.82, 2.24) is 0 Å². The number of nitrogen functional groups attached to an aromatic ring is 1. The summed E-state index contributed by atoms with van der Waals surface area (Å²) in [5, 5.41) is 10.9. The number of nitrogens with one attached hydrogen (secondary N) is 1. The van der Waals surface area contributed by atoms with E-state index in [1.165, 1.54) is 20.8 Å². The SMILES string of the molecule is CC(C)(C)Oc1c(F)c(F)c(N)c(F)c1F.Oc1c(F)c(F)c(NCCCS)c(F)c1F. The third-order valence-electron chi connectivity index (χ3n) is 3.54. The summed E-state index contributed by atoms with van der Waals surface area (Å²) in [6.07, 6.45) is 0.464. The van der Waals surface area contributed by atoms with Crippen molar-refractivity contribution in [2.45, 2.75) is 32.8 Å². The van der Waals surface area contributed by atoms with Crippen LogP contribution < -0.4 is 15.8 Å². The van der Waals surface area contributed by atoms with E-state index >= 15 is 0 Å². The molecule has 4 N–H and O–H groups in total. The largest absolute Gasteiger partial charge is 0.503 e. The summed E-state index contributed by atoms with van der Waals surface area (Å²) in [6.45, 7) is 4.56. The van der Waals surface area contributed by atoms with E-state index in [0.29, 0.717) is 12.2 Å². The Labute approximate surface area is 183 Å². The van der Waals surface area contributed by atoms with Gasteiger partial charge in [-0.2, -0.15) is 30.2 Å². The average molecular weight is 492 g/mol. The fourth-order valence-corrected chi connectivity index (χ4v) is 2.25. The zero-order chi connectivity index (χ0) is 25.0. The first-order valence-corrected chi connectivity index (χ1v) is 9.48. The number of aromatic hydroxyl groups is 1. The first kappa shape index (κ1) is 27.5. The predicted octanol–water partition coefficient (Wildman–Crippen LogP) is 5.68. The summed E-state index contributed by atoms with van der Waals surface area (Å²) in [7, 11) is 0. The van der Waals surface area contributed by atoms with Gasteiger partial charge in [-0.15, -0.1) is 0 Å². The molecule has 13 heteroatoms. The maximum atomic E-state index is 13.2. The van der Waals surface area contributed by atoms with Gasteiger partial charge < -0.3 is 20.9 Å². The van der Waals surface area contributed by atoms with Crippen LogP contribution in [0.2, 0.25) is 0 Å². The zero-order valence-electron chi connectivity index (χ0n) is 17.0. The van der Waals surface area contributed by atoms with Crippen molar-refractivity contribution < 1.29 is 45.0 Å². The smallest absolute Gasteiger partial charge is 0.206 e. The van der Waals surface area contributed by atoms with E-state index < -0.39 is 75.0 Å². The molecule has 0 fully saturated rings. The summed E-state index contributed by atoms with van der Waals surface area (Å²) in [5.74, 6) is -15.8. The normalized spacial score (nSPS) is 11.1. The van der Waals surface area contributed by atoms with Gasteiger partial charge in [0.1, 0.15) is 17.0 Å². The Kier molecular flexibility index (Phi) is 9.30. The molecule has 2 rings (SSSR count). The van der Waals surface area contributed by atoms with Crippen LogP contribution in [0.4, 0.5) is 46.5 Å². The molecule has 0 atom stereocenters. The molecule has 2 aromatic rings. The second-order valence-electron chi connectivity index (χ2n) is 7.20. The minimum atomic E-state index is -1.81. The highest BCUT2D eigenvalue weighted by Crippen LogP contribution is 2.34. The van der Waals surface area contributed by atoms with Gasteiger partial charge in [-0.25, -0.2) is 17.6 Å². The molecule has 180 valence electrons. The second-order valence-corrected chi connectivity index (χ2v) is 7.64. The van der Waals surface area contributed by atoms with E-state index in [1.54, 1.807) is 0 Å². The van der Waals surface area contributed by atoms with E-state index in [1.807, 2.05) is 0 Å². The van der Waals surface area contributed by atoms with Gasteiger partial charge in [-0.05, 0) is 32.9 Å². The number of hydrogen-bond donors (Lipinski definition) is 4. The maximum Gasteiger partial charge on any atom is 0.206 e. The van der Waals surface area contributed by atoms with Crippen molar-refractivity contribution in [3.8, 4) is 11.5 Å². The van der Waals surface area contributed by atoms with Crippen LogP contribution in [0.5, 0.6) is 11.5 Å². The van der Waals surface area contributed by atoms with Crippen LogP contribution in [0.3, 0.4) is 0 Å². The van der Waals surface area contributed by atoms with E-state index in [0.717, 1.165) is 0 Å². The summed E-state index contributed by atoms with van der Waals surface area (Å²) >= 11 is 3.86. The number of rotatable bonds is 5. The Morgan fingerprint density at radius 3 is 1.62 bits per heavy atom. The van der Waals surface area contributed by atoms with Crippen LogP contribution >= 0.6 is 12.6 Å². The number of phenols is 1. The number of ether oxygens (including phenoxy) is 1. The Balaban J connectivity index is 0.000000320. The topological polar surface area (TPSA) is 67.5 Å². The van der Waals surface area contributed by atoms with Crippen LogP contribution in [0.25, 0.3) is 0 Å². The number of nitrogens with two attached hydrogens (primary N) is 1. The van der Waals surface area contributed by atoms with Crippen LogP contribution in [-0.4, -0.2) is 23.0 Å². The standard InChI is InChI=1S/C10H11F4NO.C9H9F4NOS/c1-10(2,3)16-9-6(13)4(11)8(15)5(12)7(9)14;10-4-6(12)9(15)7(13)5(11)8(4)14-2-1-3-16/h15H2,1-3H3;14-16H,1-3H2. The Hall–Kier alpha value is -2.57. The van der Waals surface area contributed by atoms with Crippen LogP contribution in [0, 0.1) is 46.5 Å². The first-order chi connectivity index (χ1) is 14.7. The van der Waals surface area contributed by atoms with Crippen molar-refractivity contribution in [3.05, 3.63) is 46.5 Å². The van der Waals surface area contributed by atoms with Gasteiger partial charge in [0.15, 0.2) is 34.8 Å². The monoisotopic (exact) mass is 492 g/mol. The summed E-state index contributed by atoms with van der Waals surface area (Å²) in [4.78, 5) is 0. The molecule has 0 aromatic heterocycles. The molecule has 0 unspecified atom stereocenters. The number of phenolic OH excluding ortho intramolecular Hbond substituents is 1. The molecule has 0 aliphatic carbocycles. The number of anilines is 2. The lowest BCUT2D eigenvalue weighted by Gasteiger charge is -2.22. The number of halogens is 8. The summed E-state index contributed by atoms with van der Waals surface area (Å²) in [5.41, 5.74) is 1.72. The zero-order valence-corrected chi connectivity index (χ0v) is 17.9. The minimum absolute atomic E-state index is 0.112. The van der Waals surface area contributed by atoms with Gasteiger partial charge >= 0.3 is 0 Å². The number of thiol groups is 1. The predicted molar refractivity (Wildman–Crippen MR) is 106 cm³/mol. The molecule has 0 amide bonds. The van der Waals surface area contributed by atoms with Crippen molar-refractivity contribution in [3.63, 3.8) is 0 Å². The molecule has 0 radical (unpaired) electrons. The molecule has 0 saturated heterocycles. The lowest BCUT2D eigenvalue weighted by atomic mass is 10.2. The highest BCUT2D eigenvalue weighted by Gasteiger charge is 2.28. The van der Waals surface area contributed by atoms with Gasteiger partial charge in [0.05, 0.1) is 0 Å². The Morgan fingerprint density at radius 2 is 1.25 bits per heavy atom. The molecular formula is C19H20F8N2O2S. The van der Waals surface area contributed by atoms with Crippen LogP contribution in [-0.2, 0) is 0 Å². The van der Waals surface area contributed by atoms with Crippen molar-refractivity contribution in [1.29, 1.82) is 0 Å². The number of benzene rings is 2. The lowest BCUT2D eigenvalue weighted by Crippen LogP contribution is -2.25. The van der Waals surface area contributed by atoms with E-state index in [4.69, 9.17) is 15.6 Å². The molecule has 0 aliphatic rings. The molecule has 32 heavy (non-hydrogen) atoms. The summed E-state index contributed by atoms with van der Waals surface area (Å²) < 4.78 is 109. The third-order valence-corrected chi connectivity index (χ3v) is 3.86. The maximum absolute atomic E-state index is 13.2. The van der Waals surface area contributed by atoms with Crippen molar-refractivity contribution in [2.24, 2.45) is 0 Å². The van der Waals surface area contributed by atoms with Crippen molar-refractivity contribution in [2.75, 3.05) is 23.3 Å². The quantitative estimate of drug-likeness (QED) is 0.108. The fourth-order valence-electron chi connectivity index (χ4n) is 2.09. The van der Waals surface area contributed by atoms with Crippen LogP contribution in [0.15, 0.2) is 0 Å². The molecule has 2 aromatic carbocycles. The highest BCUT2D eigenvalue weighted by molar-refractivity contribution is 7.80. The molecular weight excluding hydrogens is 472 g/mol. The molecule has 0 heterocycles. The fraction of sp³-hybridized carbons (Fsp3) is 0.368. The first-order valence-electron chi connectivity index (χ1n) is 8.85. The second kappa shape index (κ2) is 10.8. The van der Waals surface area contributed by atoms with E-state index in [2.05, 4.69) is 17.9 Å². The van der Waals surface area contributed by atoms with Crippen molar-refractivity contribution >= 4 is 24.0 Å². The van der Waals surface area contributed by atoms with Crippen LogP contribution in [0.1, 0.15) is 27.2 Å². The van der Waals surface area contributed by atoms with Gasteiger partial charge in [0.25, 0.3) is 0 Å². The van der Waals surface area contributed by atoms with E-state index in [9.17, 15) is 35.1 Å². The van der Waals surface area contributed by atoms with E-state index in [-0.39, 0.29) is 6.54 Å². The number of hydrogen-bond acceptors (Lipinski definition) is 5.